The molecule has 0 saturated heterocycles. The van der Waals surface area contributed by atoms with Crippen LogP contribution in [0.25, 0.3) is 10.2 Å². The molecule has 200 valence electrons. The molecule has 4 rings (SSSR count). The van der Waals surface area contributed by atoms with Crippen LogP contribution in [0.3, 0.4) is 0 Å². The third-order valence-corrected chi connectivity index (χ3v) is 7.99. The Bertz CT molecular complexity index is 1610. The smallest absolute Gasteiger partial charge is 0.279 e. The van der Waals surface area contributed by atoms with E-state index in [1.54, 1.807) is 14.2 Å². The first-order valence-corrected chi connectivity index (χ1v) is 13.9. The van der Waals surface area contributed by atoms with E-state index in [4.69, 9.17) is 14.2 Å². The summed E-state index contributed by atoms with van der Waals surface area (Å²) >= 11 is 1.33. The Kier molecular flexibility index (Phi) is 8.45. The molecule has 1 N–H and O–H groups in total. The number of carbonyl (C=O) groups is 1. The quantitative estimate of drug-likeness (QED) is 0.288. The second kappa shape index (κ2) is 11.8. The number of nitrogens with zero attached hydrogens (tertiary/aromatic N) is 2. The summed E-state index contributed by atoms with van der Waals surface area (Å²) in [5, 5.41) is 0. The van der Waals surface area contributed by atoms with E-state index in [0.29, 0.717) is 36.1 Å². The molecule has 9 nitrogen and oxygen atoms in total. The minimum atomic E-state index is -3.91. The Hall–Kier alpha value is -3.74. The molecule has 12 heteroatoms. The molecule has 4 aromatic rings. The van der Waals surface area contributed by atoms with Crippen LogP contribution in [0.5, 0.6) is 11.5 Å². The van der Waals surface area contributed by atoms with Gasteiger partial charge in [-0.25, -0.2) is 12.8 Å². The molecular weight excluding hydrogens is 533 g/mol. The molecule has 0 spiro atoms. The Balaban J connectivity index is 1.63. The summed E-state index contributed by atoms with van der Waals surface area (Å²) in [7, 11) is -0.805. The van der Waals surface area contributed by atoms with Crippen LogP contribution in [0.2, 0.25) is 0 Å². The van der Waals surface area contributed by atoms with Gasteiger partial charge in [0, 0.05) is 36.5 Å². The number of nitrogens with one attached hydrogen (secondary N) is 1. The first-order chi connectivity index (χ1) is 18.2. The van der Waals surface area contributed by atoms with Crippen LogP contribution >= 0.6 is 11.3 Å². The second-order valence-corrected chi connectivity index (χ2v) is 10.7. The summed E-state index contributed by atoms with van der Waals surface area (Å²) in [5.41, 5.74) is 1.35. The lowest BCUT2D eigenvalue weighted by Crippen LogP contribution is -2.19. The van der Waals surface area contributed by atoms with E-state index in [9.17, 15) is 17.6 Å². The Morgan fingerprint density at radius 1 is 1.03 bits per heavy atom. The van der Waals surface area contributed by atoms with Gasteiger partial charge >= 0.3 is 0 Å². The molecular formula is C26H26FN3O6S2. The number of rotatable bonds is 10. The minimum Gasteiger partial charge on any atom is -0.493 e. The number of anilines is 1. The van der Waals surface area contributed by atoms with Gasteiger partial charge in [0.1, 0.15) is 5.82 Å². The fraction of sp³-hybridized carbons (Fsp3) is 0.231. The molecule has 0 aliphatic rings. The first-order valence-electron chi connectivity index (χ1n) is 11.6. The molecule has 1 amide bonds. The molecule has 0 bridgehead atoms. The number of benzene rings is 3. The maximum absolute atomic E-state index is 13.1. The van der Waals surface area contributed by atoms with E-state index >= 15 is 0 Å². The zero-order valence-electron chi connectivity index (χ0n) is 20.9. The highest BCUT2D eigenvalue weighted by Gasteiger charge is 2.16. The Labute approximate surface area is 223 Å². The fourth-order valence-electron chi connectivity index (χ4n) is 3.66. The third kappa shape index (κ3) is 6.04. The summed E-state index contributed by atoms with van der Waals surface area (Å²) in [4.78, 5) is 17.8. The molecule has 0 radical (unpaired) electrons. The number of methoxy groups -OCH3 is 2. The lowest BCUT2D eigenvalue weighted by atomic mass is 10.2. The SMILES string of the molecule is CCOCCn1c(=NC(=O)c2ccc(NS(=O)(=O)c3ccc(F)cc3)cc2)sc2cc(OC)c(OC)cc21. The van der Waals surface area contributed by atoms with E-state index in [1.807, 2.05) is 23.6 Å². The van der Waals surface area contributed by atoms with Gasteiger partial charge in [0.25, 0.3) is 15.9 Å². The van der Waals surface area contributed by atoms with Gasteiger partial charge in [-0.3, -0.25) is 9.52 Å². The van der Waals surface area contributed by atoms with Gasteiger partial charge in [0.15, 0.2) is 16.3 Å². The second-order valence-electron chi connectivity index (χ2n) is 7.96. The van der Waals surface area contributed by atoms with Crippen molar-refractivity contribution in [1.29, 1.82) is 0 Å². The average molecular weight is 560 g/mol. The lowest BCUT2D eigenvalue weighted by molar-refractivity contribution is 0.0996. The van der Waals surface area contributed by atoms with Crippen molar-refractivity contribution in [3.8, 4) is 11.5 Å². The number of fused-ring (bicyclic) bond motifs is 1. The topological polar surface area (TPSA) is 108 Å². The molecule has 0 aliphatic carbocycles. The fourth-order valence-corrected chi connectivity index (χ4v) is 5.78. The van der Waals surface area contributed by atoms with Gasteiger partial charge < -0.3 is 18.8 Å². The van der Waals surface area contributed by atoms with Crippen molar-refractivity contribution in [2.24, 2.45) is 4.99 Å². The number of sulfonamides is 1. The standard InChI is InChI=1S/C26H26FN3O6S2/c1-4-36-14-13-30-21-15-22(34-2)23(35-3)16-24(21)37-26(30)28-25(31)17-5-9-19(10-6-17)29-38(32,33)20-11-7-18(27)8-12-20/h5-12,15-16,29H,4,13-14H2,1-3H3. The van der Waals surface area contributed by atoms with Crippen molar-refractivity contribution in [1.82, 2.24) is 4.57 Å². The highest BCUT2D eigenvalue weighted by molar-refractivity contribution is 7.92. The largest absolute Gasteiger partial charge is 0.493 e. The molecule has 38 heavy (non-hydrogen) atoms. The van der Waals surface area contributed by atoms with Crippen LogP contribution in [-0.4, -0.2) is 46.3 Å². The molecule has 0 saturated carbocycles. The van der Waals surface area contributed by atoms with Crippen molar-refractivity contribution < 1.29 is 31.8 Å². The van der Waals surface area contributed by atoms with Gasteiger partial charge in [0.2, 0.25) is 0 Å². The predicted octanol–water partition coefficient (Wildman–Crippen LogP) is 4.44. The molecule has 0 aliphatic heterocycles. The molecule has 3 aromatic carbocycles. The molecule has 1 heterocycles. The van der Waals surface area contributed by atoms with Gasteiger partial charge in [-0.1, -0.05) is 11.3 Å². The van der Waals surface area contributed by atoms with Crippen molar-refractivity contribution in [3.63, 3.8) is 0 Å². The van der Waals surface area contributed by atoms with Crippen LogP contribution in [0.15, 0.2) is 70.6 Å². The zero-order valence-corrected chi connectivity index (χ0v) is 22.6. The number of hydrogen-bond donors (Lipinski definition) is 1. The number of hydrogen-bond acceptors (Lipinski definition) is 7. The molecule has 1 aromatic heterocycles. The number of thiazole rings is 1. The highest BCUT2D eigenvalue weighted by Crippen LogP contribution is 2.33. The van der Waals surface area contributed by atoms with Crippen LogP contribution in [0.4, 0.5) is 10.1 Å². The molecule has 0 fully saturated rings. The van der Waals surface area contributed by atoms with Gasteiger partial charge in [-0.15, -0.1) is 0 Å². The van der Waals surface area contributed by atoms with E-state index in [-0.39, 0.29) is 16.1 Å². The van der Waals surface area contributed by atoms with Crippen LogP contribution in [0.1, 0.15) is 17.3 Å². The summed E-state index contributed by atoms with van der Waals surface area (Å²) in [6.07, 6.45) is 0. The maximum atomic E-state index is 13.1. The van der Waals surface area contributed by atoms with Crippen LogP contribution in [-0.2, 0) is 21.3 Å². The highest BCUT2D eigenvalue weighted by atomic mass is 32.2. The zero-order chi connectivity index (χ0) is 27.3. The number of carbonyl (C=O) groups excluding carboxylic acids is 1. The van der Waals surface area contributed by atoms with Crippen molar-refractivity contribution in [2.45, 2.75) is 18.4 Å². The lowest BCUT2D eigenvalue weighted by Gasteiger charge is -2.09. The number of halogens is 1. The van der Waals surface area contributed by atoms with Gasteiger partial charge in [0.05, 0.1) is 35.9 Å². The monoisotopic (exact) mass is 559 g/mol. The summed E-state index contributed by atoms with van der Waals surface area (Å²) in [5.74, 6) is 0.0922. The van der Waals surface area contributed by atoms with Gasteiger partial charge in [-0.05, 0) is 55.5 Å². The predicted molar refractivity (Wildman–Crippen MR) is 143 cm³/mol. The number of aromatic nitrogens is 1. The molecule has 0 unspecified atom stereocenters. The van der Waals surface area contributed by atoms with Gasteiger partial charge in [-0.2, -0.15) is 4.99 Å². The maximum Gasteiger partial charge on any atom is 0.279 e. The summed E-state index contributed by atoms with van der Waals surface area (Å²) in [6.45, 7) is 3.37. The number of amides is 1. The van der Waals surface area contributed by atoms with Crippen molar-refractivity contribution in [3.05, 3.63) is 76.8 Å². The minimum absolute atomic E-state index is 0.0799. The molecule has 0 atom stereocenters. The average Bonchev–Trinajstić information content (AvgIpc) is 3.23. The van der Waals surface area contributed by atoms with Crippen molar-refractivity contribution >= 4 is 43.2 Å². The summed E-state index contributed by atoms with van der Waals surface area (Å²) < 4.78 is 59.8. The van der Waals surface area contributed by atoms with Crippen LogP contribution in [0, 0.1) is 5.82 Å². The third-order valence-electron chi connectivity index (χ3n) is 5.56. The van der Waals surface area contributed by atoms with E-state index in [0.717, 1.165) is 22.3 Å². The Morgan fingerprint density at radius 2 is 1.68 bits per heavy atom. The normalized spacial score (nSPS) is 12.1. The van der Waals surface area contributed by atoms with E-state index in [2.05, 4.69) is 9.71 Å². The van der Waals surface area contributed by atoms with Crippen molar-refractivity contribution in [2.75, 3.05) is 32.2 Å². The van der Waals surface area contributed by atoms with E-state index < -0.39 is 21.7 Å². The Morgan fingerprint density at radius 3 is 2.32 bits per heavy atom. The van der Waals surface area contributed by atoms with Crippen LogP contribution < -0.4 is 19.0 Å². The number of ether oxygens (including phenoxy) is 3. The van der Waals surface area contributed by atoms with E-state index in [1.165, 1.54) is 47.7 Å². The first kappa shape index (κ1) is 27.3. The summed E-state index contributed by atoms with van der Waals surface area (Å²) in [6, 6.07) is 14.1.